The second kappa shape index (κ2) is 6.49. The summed E-state index contributed by atoms with van der Waals surface area (Å²) in [6.45, 7) is 5.07. The van der Waals surface area contributed by atoms with Crippen LogP contribution in [0, 0.1) is 13.8 Å². The first-order chi connectivity index (χ1) is 9.99. The number of nitrogens with zero attached hydrogens (tertiary/aromatic N) is 3. The van der Waals surface area contributed by atoms with Gasteiger partial charge in [-0.15, -0.1) is 0 Å². The highest BCUT2D eigenvalue weighted by Gasteiger charge is 2.15. The molecule has 0 atom stereocenters. The van der Waals surface area contributed by atoms with Crippen LogP contribution < -0.4 is 5.32 Å². The molecule has 0 aliphatic heterocycles. The minimum Gasteiger partial charge on any atom is -0.361 e. The third kappa shape index (κ3) is 3.66. The number of carbonyl (C=O) groups is 1. The lowest BCUT2D eigenvalue weighted by atomic mass is 10.1. The average molecular weight is 288 g/mol. The first-order valence-electron chi connectivity index (χ1n) is 6.82. The van der Waals surface area contributed by atoms with Gasteiger partial charge in [-0.3, -0.25) is 4.79 Å². The third-order valence-electron chi connectivity index (χ3n) is 3.12. The standard InChI is InChI=1S/C15H20N4O2/c1-10-14(11(2)21-18-10)12-6-5-7-13(17-12)15(20)16-8-9-19(3)4/h5-7H,8-9H2,1-4H3,(H,16,20). The van der Waals surface area contributed by atoms with Crippen LogP contribution in [0.3, 0.4) is 0 Å². The smallest absolute Gasteiger partial charge is 0.269 e. The van der Waals surface area contributed by atoms with E-state index in [1.165, 1.54) is 0 Å². The van der Waals surface area contributed by atoms with Crippen molar-refractivity contribution < 1.29 is 9.32 Å². The lowest BCUT2D eigenvalue weighted by Crippen LogP contribution is -2.31. The Morgan fingerprint density at radius 1 is 1.33 bits per heavy atom. The second-order valence-electron chi connectivity index (χ2n) is 5.17. The van der Waals surface area contributed by atoms with Crippen molar-refractivity contribution in [2.75, 3.05) is 27.2 Å². The number of nitrogens with one attached hydrogen (secondary N) is 1. The lowest BCUT2D eigenvalue weighted by Gasteiger charge is -2.10. The summed E-state index contributed by atoms with van der Waals surface area (Å²) in [5.41, 5.74) is 2.71. The molecule has 6 heteroatoms. The largest absolute Gasteiger partial charge is 0.361 e. The van der Waals surface area contributed by atoms with Gasteiger partial charge in [-0.2, -0.15) is 0 Å². The molecule has 0 saturated heterocycles. The summed E-state index contributed by atoms with van der Waals surface area (Å²) < 4.78 is 5.15. The number of hydrogen-bond donors (Lipinski definition) is 1. The van der Waals surface area contributed by atoms with Crippen LogP contribution in [-0.2, 0) is 0 Å². The predicted octanol–water partition coefficient (Wildman–Crippen LogP) is 1.64. The van der Waals surface area contributed by atoms with E-state index in [1.807, 2.05) is 45.0 Å². The Morgan fingerprint density at radius 2 is 2.10 bits per heavy atom. The van der Waals surface area contributed by atoms with Crippen molar-refractivity contribution in [2.45, 2.75) is 13.8 Å². The number of rotatable bonds is 5. The fourth-order valence-corrected chi connectivity index (χ4v) is 2.03. The van der Waals surface area contributed by atoms with Gasteiger partial charge in [0.2, 0.25) is 0 Å². The molecule has 0 aromatic carbocycles. The van der Waals surface area contributed by atoms with Crippen LogP contribution in [0.1, 0.15) is 21.9 Å². The van der Waals surface area contributed by atoms with Crippen LogP contribution in [0.2, 0.25) is 0 Å². The minimum atomic E-state index is -0.175. The molecule has 1 N–H and O–H groups in total. The number of hydrogen-bond acceptors (Lipinski definition) is 5. The lowest BCUT2D eigenvalue weighted by molar-refractivity contribution is 0.0946. The van der Waals surface area contributed by atoms with Gasteiger partial charge < -0.3 is 14.7 Å². The molecule has 0 radical (unpaired) electrons. The highest BCUT2D eigenvalue weighted by atomic mass is 16.5. The predicted molar refractivity (Wildman–Crippen MR) is 80.1 cm³/mol. The van der Waals surface area contributed by atoms with E-state index in [0.29, 0.717) is 23.7 Å². The molecule has 6 nitrogen and oxygen atoms in total. The van der Waals surface area contributed by atoms with E-state index in [0.717, 1.165) is 17.8 Å². The van der Waals surface area contributed by atoms with Gasteiger partial charge in [0, 0.05) is 13.1 Å². The number of carbonyl (C=O) groups excluding carboxylic acids is 1. The van der Waals surface area contributed by atoms with Gasteiger partial charge in [-0.1, -0.05) is 11.2 Å². The molecule has 2 heterocycles. The maximum absolute atomic E-state index is 12.1. The quantitative estimate of drug-likeness (QED) is 0.905. The zero-order valence-corrected chi connectivity index (χ0v) is 12.8. The van der Waals surface area contributed by atoms with E-state index in [2.05, 4.69) is 15.5 Å². The summed E-state index contributed by atoms with van der Waals surface area (Å²) in [5, 5.41) is 6.76. The second-order valence-corrected chi connectivity index (χ2v) is 5.17. The summed E-state index contributed by atoms with van der Waals surface area (Å²) in [5.74, 6) is 0.524. The molecule has 2 aromatic rings. The molecule has 0 unspecified atom stereocenters. The topological polar surface area (TPSA) is 71.3 Å². The molecular weight excluding hydrogens is 268 g/mol. The van der Waals surface area contributed by atoms with Crippen LogP contribution >= 0.6 is 0 Å². The minimum absolute atomic E-state index is 0.175. The van der Waals surface area contributed by atoms with Crippen LogP contribution in [0.15, 0.2) is 22.7 Å². The summed E-state index contributed by atoms with van der Waals surface area (Å²) in [7, 11) is 3.92. The molecule has 112 valence electrons. The van der Waals surface area contributed by atoms with Crippen molar-refractivity contribution in [2.24, 2.45) is 0 Å². The maximum Gasteiger partial charge on any atom is 0.269 e. The Balaban J connectivity index is 2.16. The molecule has 21 heavy (non-hydrogen) atoms. The van der Waals surface area contributed by atoms with Crippen molar-refractivity contribution in [1.82, 2.24) is 20.4 Å². The number of amides is 1. The molecule has 0 saturated carbocycles. The summed E-state index contributed by atoms with van der Waals surface area (Å²) in [6, 6.07) is 5.37. The van der Waals surface area contributed by atoms with Crippen molar-refractivity contribution in [3.8, 4) is 11.3 Å². The summed E-state index contributed by atoms with van der Waals surface area (Å²) >= 11 is 0. The first kappa shape index (κ1) is 15.2. The van der Waals surface area contributed by atoms with Crippen molar-refractivity contribution >= 4 is 5.91 Å². The van der Waals surface area contributed by atoms with Gasteiger partial charge in [0.15, 0.2) is 0 Å². The SMILES string of the molecule is Cc1noc(C)c1-c1cccc(C(=O)NCCN(C)C)n1. The van der Waals surface area contributed by atoms with E-state index < -0.39 is 0 Å². The maximum atomic E-state index is 12.1. The molecular formula is C15H20N4O2. The van der Waals surface area contributed by atoms with Crippen molar-refractivity contribution in [3.05, 3.63) is 35.3 Å². The van der Waals surface area contributed by atoms with Gasteiger partial charge in [-0.25, -0.2) is 4.98 Å². The van der Waals surface area contributed by atoms with Crippen LogP contribution in [0.25, 0.3) is 11.3 Å². The molecule has 0 fully saturated rings. The third-order valence-corrected chi connectivity index (χ3v) is 3.12. The molecule has 0 spiro atoms. The normalized spacial score (nSPS) is 10.9. The van der Waals surface area contributed by atoms with Crippen LogP contribution in [0.5, 0.6) is 0 Å². The zero-order valence-electron chi connectivity index (χ0n) is 12.8. The first-order valence-corrected chi connectivity index (χ1v) is 6.82. The van der Waals surface area contributed by atoms with E-state index in [-0.39, 0.29) is 5.91 Å². The Kier molecular flexibility index (Phi) is 4.70. The number of likely N-dealkylation sites (N-methyl/N-ethyl adjacent to an activating group) is 1. The van der Waals surface area contributed by atoms with Crippen molar-refractivity contribution in [3.63, 3.8) is 0 Å². The van der Waals surface area contributed by atoms with E-state index in [9.17, 15) is 4.79 Å². The number of pyridine rings is 1. The monoisotopic (exact) mass is 288 g/mol. The van der Waals surface area contributed by atoms with Crippen LogP contribution in [0.4, 0.5) is 0 Å². The fraction of sp³-hybridized carbons (Fsp3) is 0.400. The molecule has 0 aliphatic rings. The van der Waals surface area contributed by atoms with Crippen molar-refractivity contribution in [1.29, 1.82) is 0 Å². The molecule has 2 aromatic heterocycles. The van der Waals surface area contributed by atoms with Gasteiger partial charge in [0.25, 0.3) is 5.91 Å². The number of aromatic nitrogens is 2. The van der Waals surface area contributed by atoms with E-state index >= 15 is 0 Å². The highest BCUT2D eigenvalue weighted by Crippen LogP contribution is 2.24. The Hall–Kier alpha value is -2.21. The van der Waals surface area contributed by atoms with E-state index in [1.54, 1.807) is 6.07 Å². The average Bonchev–Trinajstić information content (AvgIpc) is 2.78. The van der Waals surface area contributed by atoms with Gasteiger partial charge in [0.1, 0.15) is 11.5 Å². The molecule has 0 bridgehead atoms. The highest BCUT2D eigenvalue weighted by molar-refractivity contribution is 5.92. The number of aryl methyl sites for hydroxylation is 2. The van der Waals surface area contributed by atoms with Gasteiger partial charge in [-0.05, 0) is 40.1 Å². The summed E-state index contributed by atoms with van der Waals surface area (Å²) in [4.78, 5) is 18.5. The Morgan fingerprint density at radius 3 is 2.71 bits per heavy atom. The molecule has 1 amide bonds. The van der Waals surface area contributed by atoms with E-state index in [4.69, 9.17) is 4.52 Å². The van der Waals surface area contributed by atoms with Gasteiger partial charge >= 0.3 is 0 Å². The van der Waals surface area contributed by atoms with Crippen LogP contribution in [-0.4, -0.2) is 48.1 Å². The zero-order chi connectivity index (χ0) is 15.4. The Labute approximate surface area is 124 Å². The molecule has 0 aliphatic carbocycles. The Bertz CT molecular complexity index is 615. The van der Waals surface area contributed by atoms with Gasteiger partial charge in [0.05, 0.1) is 17.0 Å². The molecule has 2 rings (SSSR count). The summed E-state index contributed by atoms with van der Waals surface area (Å²) in [6.07, 6.45) is 0. The fourth-order valence-electron chi connectivity index (χ4n) is 2.03.